The van der Waals surface area contributed by atoms with Crippen LogP contribution in [0.3, 0.4) is 0 Å². The van der Waals surface area contributed by atoms with Crippen LogP contribution in [-0.4, -0.2) is 37.2 Å². The summed E-state index contributed by atoms with van der Waals surface area (Å²) < 4.78 is 16.6. The van der Waals surface area contributed by atoms with Gasteiger partial charge in [0.1, 0.15) is 13.2 Å². The number of unbranched alkanes of at least 4 members (excludes halogenated alkanes) is 30. The van der Waals surface area contributed by atoms with E-state index in [1.807, 2.05) is 0 Å². The fourth-order valence-corrected chi connectivity index (χ4v) is 6.91. The van der Waals surface area contributed by atoms with E-state index >= 15 is 0 Å². The monoisotopic (exact) mass is 763 g/mol. The molecule has 54 heavy (non-hydrogen) atoms. The van der Waals surface area contributed by atoms with E-state index in [2.05, 4.69) is 32.9 Å². The van der Waals surface area contributed by atoms with E-state index in [0.717, 1.165) is 64.2 Å². The number of hydrogen-bond donors (Lipinski definition) is 0. The van der Waals surface area contributed by atoms with Crippen LogP contribution in [0, 0.1) is 0 Å². The predicted molar refractivity (Wildman–Crippen MR) is 229 cm³/mol. The highest BCUT2D eigenvalue weighted by Crippen LogP contribution is 2.15. The van der Waals surface area contributed by atoms with Crippen molar-refractivity contribution in [1.82, 2.24) is 0 Å². The molecule has 0 aromatic heterocycles. The largest absolute Gasteiger partial charge is 0.462 e. The molecule has 0 N–H and O–H groups in total. The average Bonchev–Trinajstić information content (AvgIpc) is 3.17. The molecule has 0 aliphatic rings. The minimum Gasteiger partial charge on any atom is -0.462 e. The molecule has 0 amide bonds. The Kier molecular flexibility index (Phi) is 42.4. The zero-order valence-corrected chi connectivity index (χ0v) is 36.3. The summed E-state index contributed by atoms with van der Waals surface area (Å²) in [6, 6.07) is 0. The molecule has 1 atom stereocenters. The Labute approximate surface area is 335 Å². The van der Waals surface area contributed by atoms with Gasteiger partial charge in [0.15, 0.2) is 6.10 Å². The highest BCUT2D eigenvalue weighted by molar-refractivity contribution is 5.71. The van der Waals surface area contributed by atoms with Crippen LogP contribution >= 0.6 is 0 Å². The highest BCUT2D eigenvalue weighted by atomic mass is 16.6. The van der Waals surface area contributed by atoms with Crippen LogP contribution in [0.1, 0.15) is 258 Å². The van der Waals surface area contributed by atoms with Gasteiger partial charge in [-0.05, 0) is 44.9 Å². The summed E-state index contributed by atoms with van der Waals surface area (Å²) in [4.78, 5) is 37.5. The van der Waals surface area contributed by atoms with Crippen LogP contribution in [0.25, 0.3) is 0 Å². The fraction of sp³-hybridized carbons (Fsp3) is 0.896. The number of carbonyl (C=O) groups excluding carboxylic acids is 3. The lowest BCUT2D eigenvalue weighted by Gasteiger charge is -2.18. The molecule has 318 valence electrons. The Morgan fingerprint density at radius 2 is 0.611 bits per heavy atom. The van der Waals surface area contributed by atoms with E-state index in [9.17, 15) is 14.4 Å². The smallest absolute Gasteiger partial charge is 0.306 e. The third kappa shape index (κ3) is 41.3. The zero-order chi connectivity index (χ0) is 39.4. The van der Waals surface area contributed by atoms with Crippen molar-refractivity contribution in [3.63, 3.8) is 0 Å². The Morgan fingerprint density at radius 3 is 0.926 bits per heavy atom. The minimum atomic E-state index is -0.762. The van der Waals surface area contributed by atoms with Crippen LogP contribution in [0.5, 0.6) is 0 Å². The van der Waals surface area contributed by atoms with Gasteiger partial charge in [-0.2, -0.15) is 0 Å². The first-order chi connectivity index (χ1) is 26.5. The summed E-state index contributed by atoms with van der Waals surface area (Å²) in [6.07, 6.45) is 46.5. The Hall–Kier alpha value is -1.85. The molecule has 6 nitrogen and oxygen atoms in total. The molecule has 0 rings (SSSR count). The lowest BCUT2D eigenvalue weighted by Crippen LogP contribution is -2.30. The topological polar surface area (TPSA) is 78.9 Å². The van der Waals surface area contributed by atoms with Crippen molar-refractivity contribution >= 4 is 17.9 Å². The van der Waals surface area contributed by atoms with Gasteiger partial charge in [0.05, 0.1) is 0 Å². The summed E-state index contributed by atoms with van der Waals surface area (Å²) in [7, 11) is 0. The molecule has 0 saturated carbocycles. The summed E-state index contributed by atoms with van der Waals surface area (Å²) in [5, 5.41) is 0. The van der Waals surface area contributed by atoms with Crippen molar-refractivity contribution in [3.05, 3.63) is 12.2 Å². The maximum atomic E-state index is 12.7. The SMILES string of the molecule is CCCCCCCC/C=C\CCCCCCCCCC(=O)OCC(COC(=O)CCCCCCC)OC(=O)CCCCCCCCCCCCCCCC. The molecule has 0 radical (unpaired) electrons. The molecule has 0 aliphatic carbocycles. The van der Waals surface area contributed by atoms with Gasteiger partial charge in [-0.25, -0.2) is 0 Å². The van der Waals surface area contributed by atoms with Crippen molar-refractivity contribution in [2.75, 3.05) is 13.2 Å². The van der Waals surface area contributed by atoms with Gasteiger partial charge in [0, 0.05) is 19.3 Å². The molecule has 0 bridgehead atoms. The average molecular weight is 763 g/mol. The van der Waals surface area contributed by atoms with Crippen LogP contribution in [0.4, 0.5) is 0 Å². The first kappa shape index (κ1) is 52.2. The molecule has 0 aromatic carbocycles. The van der Waals surface area contributed by atoms with Gasteiger partial charge >= 0.3 is 17.9 Å². The van der Waals surface area contributed by atoms with E-state index in [1.54, 1.807) is 0 Å². The van der Waals surface area contributed by atoms with Crippen LogP contribution in [-0.2, 0) is 28.6 Å². The number of ether oxygens (including phenoxy) is 3. The summed E-state index contributed by atoms with van der Waals surface area (Å²) in [6.45, 7) is 6.56. The van der Waals surface area contributed by atoms with Gasteiger partial charge in [-0.15, -0.1) is 0 Å². The third-order valence-electron chi connectivity index (χ3n) is 10.5. The minimum absolute atomic E-state index is 0.0690. The lowest BCUT2D eigenvalue weighted by atomic mass is 10.0. The summed E-state index contributed by atoms with van der Waals surface area (Å²) in [5.74, 6) is -0.876. The molecule has 0 fully saturated rings. The Morgan fingerprint density at radius 1 is 0.352 bits per heavy atom. The molecule has 0 aliphatic heterocycles. The third-order valence-corrected chi connectivity index (χ3v) is 10.5. The highest BCUT2D eigenvalue weighted by Gasteiger charge is 2.19. The van der Waals surface area contributed by atoms with Gasteiger partial charge in [-0.1, -0.05) is 206 Å². The number of carbonyl (C=O) groups is 3. The lowest BCUT2D eigenvalue weighted by molar-refractivity contribution is -0.167. The normalized spacial score (nSPS) is 12.0. The van der Waals surface area contributed by atoms with E-state index in [0.29, 0.717) is 19.3 Å². The molecule has 0 heterocycles. The summed E-state index contributed by atoms with van der Waals surface area (Å²) >= 11 is 0. The number of esters is 3. The fourth-order valence-electron chi connectivity index (χ4n) is 6.91. The van der Waals surface area contributed by atoms with E-state index in [1.165, 1.54) is 154 Å². The van der Waals surface area contributed by atoms with Gasteiger partial charge in [0.25, 0.3) is 0 Å². The number of hydrogen-bond acceptors (Lipinski definition) is 6. The molecular weight excluding hydrogens is 673 g/mol. The maximum absolute atomic E-state index is 12.7. The van der Waals surface area contributed by atoms with E-state index in [-0.39, 0.29) is 31.1 Å². The second-order valence-electron chi connectivity index (χ2n) is 16.0. The van der Waals surface area contributed by atoms with Crippen LogP contribution in [0.2, 0.25) is 0 Å². The van der Waals surface area contributed by atoms with E-state index < -0.39 is 6.10 Å². The van der Waals surface area contributed by atoms with Gasteiger partial charge < -0.3 is 14.2 Å². The Balaban J connectivity index is 4.17. The molecule has 1 unspecified atom stereocenters. The standard InChI is InChI=1S/C48H90O6/c1-4-7-10-13-15-17-19-21-23-24-25-27-28-30-32-35-38-41-47(50)53-44-45(43-52-46(49)40-37-34-12-9-6-3)54-48(51)42-39-36-33-31-29-26-22-20-18-16-14-11-8-5-2/h21,23,45H,4-20,22,24-44H2,1-3H3/b23-21-. The van der Waals surface area contributed by atoms with Crippen molar-refractivity contribution in [3.8, 4) is 0 Å². The molecular formula is C48H90O6. The predicted octanol–water partition coefficient (Wildman–Crippen LogP) is 15.0. The van der Waals surface area contributed by atoms with Crippen molar-refractivity contribution in [2.45, 2.75) is 264 Å². The molecule has 0 aromatic rings. The first-order valence-electron chi connectivity index (χ1n) is 23.7. The number of allylic oxidation sites excluding steroid dienone is 2. The Bertz CT molecular complexity index is 839. The van der Waals surface area contributed by atoms with Crippen LogP contribution < -0.4 is 0 Å². The quantitative estimate of drug-likeness (QED) is 0.0266. The van der Waals surface area contributed by atoms with Crippen molar-refractivity contribution in [1.29, 1.82) is 0 Å². The van der Waals surface area contributed by atoms with Crippen LogP contribution in [0.15, 0.2) is 12.2 Å². The second kappa shape index (κ2) is 43.9. The van der Waals surface area contributed by atoms with Gasteiger partial charge in [-0.3, -0.25) is 14.4 Å². The molecule has 0 spiro atoms. The molecule has 6 heteroatoms. The van der Waals surface area contributed by atoms with E-state index in [4.69, 9.17) is 14.2 Å². The number of rotatable bonds is 43. The molecule has 0 saturated heterocycles. The summed E-state index contributed by atoms with van der Waals surface area (Å²) in [5.41, 5.74) is 0. The zero-order valence-electron chi connectivity index (χ0n) is 36.3. The maximum Gasteiger partial charge on any atom is 0.306 e. The van der Waals surface area contributed by atoms with Crippen molar-refractivity contribution in [2.24, 2.45) is 0 Å². The van der Waals surface area contributed by atoms with Crippen molar-refractivity contribution < 1.29 is 28.6 Å². The van der Waals surface area contributed by atoms with Gasteiger partial charge in [0.2, 0.25) is 0 Å². The second-order valence-corrected chi connectivity index (χ2v) is 16.0. The first-order valence-corrected chi connectivity index (χ1v) is 23.7.